The number of nitrogens with zero attached hydrogens (tertiary/aromatic N) is 2. The molecule has 0 aromatic carbocycles. The van der Waals surface area contributed by atoms with E-state index in [0.29, 0.717) is 5.82 Å². The number of hydrogen-bond acceptors (Lipinski definition) is 3. The average molecular weight is 285 g/mol. The second-order valence-corrected chi connectivity index (χ2v) is 5.70. The SMILES string of the molecule is FC(F)(F)c1ccc(NCC23CCCN2CCC3)nc1. The molecule has 0 amide bonds. The number of pyridine rings is 1. The van der Waals surface area contributed by atoms with Crippen molar-refractivity contribution in [1.29, 1.82) is 0 Å². The van der Waals surface area contributed by atoms with E-state index in [4.69, 9.17) is 0 Å². The number of halogens is 3. The normalized spacial score (nSPS) is 21.9. The van der Waals surface area contributed by atoms with E-state index in [1.807, 2.05) is 0 Å². The van der Waals surface area contributed by atoms with Crippen molar-refractivity contribution in [3.8, 4) is 0 Å². The van der Waals surface area contributed by atoms with Crippen molar-refractivity contribution in [2.24, 2.45) is 0 Å². The summed E-state index contributed by atoms with van der Waals surface area (Å²) in [6.45, 7) is 3.05. The molecule has 2 fully saturated rings. The zero-order chi connectivity index (χ0) is 14.2. The molecule has 3 heterocycles. The molecule has 2 saturated heterocycles. The number of rotatable bonds is 3. The highest BCUT2D eigenvalue weighted by Crippen LogP contribution is 2.38. The third-order valence-electron chi connectivity index (χ3n) is 4.50. The number of hydrogen-bond donors (Lipinski definition) is 1. The lowest BCUT2D eigenvalue weighted by molar-refractivity contribution is -0.137. The van der Waals surface area contributed by atoms with Gasteiger partial charge in [0.1, 0.15) is 5.82 Å². The Morgan fingerprint density at radius 3 is 2.45 bits per heavy atom. The van der Waals surface area contributed by atoms with Crippen molar-refractivity contribution in [2.75, 3.05) is 25.0 Å². The van der Waals surface area contributed by atoms with Crippen molar-refractivity contribution in [3.05, 3.63) is 23.9 Å². The van der Waals surface area contributed by atoms with E-state index in [1.165, 1.54) is 31.7 Å². The van der Waals surface area contributed by atoms with Gasteiger partial charge in [0.15, 0.2) is 0 Å². The van der Waals surface area contributed by atoms with Crippen molar-refractivity contribution in [2.45, 2.75) is 37.4 Å². The zero-order valence-corrected chi connectivity index (χ0v) is 11.2. The summed E-state index contributed by atoms with van der Waals surface area (Å²) in [4.78, 5) is 6.37. The van der Waals surface area contributed by atoms with E-state index in [1.54, 1.807) is 0 Å². The minimum Gasteiger partial charge on any atom is -0.368 e. The molecule has 20 heavy (non-hydrogen) atoms. The van der Waals surface area contributed by atoms with Crippen LogP contribution in [-0.2, 0) is 6.18 Å². The fourth-order valence-electron chi connectivity index (χ4n) is 3.44. The number of aromatic nitrogens is 1. The summed E-state index contributed by atoms with van der Waals surface area (Å²) in [6.07, 6.45) is 1.32. The summed E-state index contributed by atoms with van der Waals surface area (Å²) >= 11 is 0. The molecule has 0 spiro atoms. The first kappa shape index (κ1) is 13.7. The van der Waals surface area contributed by atoms with Crippen molar-refractivity contribution in [1.82, 2.24) is 9.88 Å². The lowest BCUT2D eigenvalue weighted by Gasteiger charge is -2.32. The smallest absolute Gasteiger partial charge is 0.368 e. The van der Waals surface area contributed by atoms with Gasteiger partial charge in [0.25, 0.3) is 0 Å². The predicted octanol–water partition coefficient (Wildman–Crippen LogP) is 3.14. The van der Waals surface area contributed by atoms with Gasteiger partial charge >= 0.3 is 6.18 Å². The van der Waals surface area contributed by atoms with E-state index in [0.717, 1.165) is 31.9 Å². The van der Waals surface area contributed by atoms with Crippen LogP contribution in [0, 0.1) is 0 Å². The molecule has 1 aromatic heterocycles. The molecule has 0 radical (unpaired) electrons. The molecule has 110 valence electrons. The largest absolute Gasteiger partial charge is 0.417 e. The van der Waals surface area contributed by atoms with Crippen LogP contribution in [0.1, 0.15) is 31.2 Å². The predicted molar refractivity (Wildman–Crippen MR) is 70.5 cm³/mol. The monoisotopic (exact) mass is 285 g/mol. The van der Waals surface area contributed by atoms with E-state index < -0.39 is 11.7 Å². The maximum absolute atomic E-state index is 12.5. The molecular formula is C14H18F3N3. The third-order valence-corrected chi connectivity index (χ3v) is 4.50. The van der Waals surface area contributed by atoms with Crippen LogP contribution in [0.2, 0.25) is 0 Å². The Labute approximate surface area is 116 Å². The van der Waals surface area contributed by atoms with Gasteiger partial charge in [0, 0.05) is 18.3 Å². The molecule has 1 N–H and O–H groups in total. The molecule has 3 rings (SSSR count). The number of fused-ring (bicyclic) bond motifs is 1. The number of anilines is 1. The molecule has 6 heteroatoms. The number of alkyl halides is 3. The highest BCUT2D eigenvalue weighted by Gasteiger charge is 2.43. The fraction of sp³-hybridized carbons (Fsp3) is 0.643. The van der Waals surface area contributed by atoms with Crippen LogP contribution in [0.3, 0.4) is 0 Å². The highest BCUT2D eigenvalue weighted by atomic mass is 19.4. The van der Waals surface area contributed by atoms with Crippen LogP contribution in [0.5, 0.6) is 0 Å². The summed E-state index contributed by atoms with van der Waals surface area (Å²) in [5.41, 5.74) is -0.505. The summed E-state index contributed by atoms with van der Waals surface area (Å²) in [5.74, 6) is 0.520. The molecule has 0 unspecified atom stereocenters. The molecule has 0 saturated carbocycles. The van der Waals surface area contributed by atoms with Gasteiger partial charge in [0.2, 0.25) is 0 Å². The number of nitrogens with one attached hydrogen (secondary N) is 1. The van der Waals surface area contributed by atoms with Crippen LogP contribution in [0.15, 0.2) is 18.3 Å². The Morgan fingerprint density at radius 1 is 1.20 bits per heavy atom. The zero-order valence-electron chi connectivity index (χ0n) is 11.2. The standard InChI is InChI=1S/C14H18F3N3/c15-14(16,17)11-3-4-12(18-9-11)19-10-13-5-1-7-20(13)8-2-6-13/h3-4,9H,1-2,5-8,10H2,(H,18,19). The fourth-order valence-corrected chi connectivity index (χ4v) is 3.44. The van der Waals surface area contributed by atoms with Crippen LogP contribution in [-0.4, -0.2) is 35.1 Å². The minimum atomic E-state index is -4.32. The van der Waals surface area contributed by atoms with Gasteiger partial charge in [0.05, 0.1) is 5.56 Å². The van der Waals surface area contributed by atoms with Crippen molar-refractivity contribution in [3.63, 3.8) is 0 Å². The molecule has 2 aliphatic rings. The maximum atomic E-state index is 12.5. The average Bonchev–Trinajstić information content (AvgIpc) is 2.95. The van der Waals surface area contributed by atoms with Gasteiger partial charge in [-0.2, -0.15) is 13.2 Å². The highest BCUT2D eigenvalue weighted by molar-refractivity contribution is 5.37. The van der Waals surface area contributed by atoms with E-state index in [-0.39, 0.29) is 5.54 Å². The lowest BCUT2D eigenvalue weighted by atomic mass is 9.94. The van der Waals surface area contributed by atoms with Gasteiger partial charge in [-0.15, -0.1) is 0 Å². The topological polar surface area (TPSA) is 28.2 Å². The molecule has 0 aliphatic carbocycles. The lowest BCUT2D eigenvalue weighted by Crippen LogP contribution is -2.44. The first-order valence-corrected chi connectivity index (χ1v) is 7.02. The van der Waals surface area contributed by atoms with Crippen LogP contribution in [0.4, 0.5) is 19.0 Å². The Balaban J connectivity index is 1.64. The summed E-state index contributed by atoms with van der Waals surface area (Å²) in [7, 11) is 0. The Morgan fingerprint density at radius 2 is 1.90 bits per heavy atom. The molecule has 2 aliphatic heterocycles. The Kier molecular flexibility index (Phi) is 3.36. The van der Waals surface area contributed by atoms with E-state index >= 15 is 0 Å². The van der Waals surface area contributed by atoms with Gasteiger partial charge in [-0.05, 0) is 50.9 Å². The minimum absolute atomic E-state index is 0.199. The van der Waals surface area contributed by atoms with Crippen LogP contribution < -0.4 is 5.32 Å². The van der Waals surface area contributed by atoms with Crippen LogP contribution in [0.25, 0.3) is 0 Å². The summed E-state index contributed by atoms with van der Waals surface area (Å²) < 4.78 is 37.4. The molecular weight excluding hydrogens is 267 g/mol. The van der Waals surface area contributed by atoms with E-state index in [2.05, 4.69) is 15.2 Å². The molecule has 1 aromatic rings. The maximum Gasteiger partial charge on any atom is 0.417 e. The van der Waals surface area contributed by atoms with Gasteiger partial charge in [-0.3, -0.25) is 4.90 Å². The van der Waals surface area contributed by atoms with E-state index in [9.17, 15) is 13.2 Å². The summed E-state index contributed by atoms with van der Waals surface area (Å²) in [6, 6.07) is 2.49. The molecule has 3 nitrogen and oxygen atoms in total. The second-order valence-electron chi connectivity index (χ2n) is 5.70. The second kappa shape index (κ2) is 4.91. The van der Waals surface area contributed by atoms with Gasteiger partial charge in [-0.25, -0.2) is 4.98 Å². The van der Waals surface area contributed by atoms with Crippen molar-refractivity contribution < 1.29 is 13.2 Å². The van der Waals surface area contributed by atoms with Crippen LogP contribution >= 0.6 is 0 Å². The molecule has 0 atom stereocenters. The third kappa shape index (κ3) is 2.49. The quantitative estimate of drug-likeness (QED) is 0.924. The van der Waals surface area contributed by atoms with Gasteiger partial charge in [-0.1, -0.05) is 0 Å². The summed E-state index contributed by atoms with van der Waals surface area (Å²) in [5, 5.41) is 3.21. The Bertz CT molecular complexity index is 460. The molecule has 0 bridgehead atoms. The van der Waals surface area contributed by atoms with Crippen molar-refractivity contribution >= 4 is 5.82 Å². The first-order valence-electron chi connectivity index (χ1n) is 7.02. The first-order chi connectivity index (χ1) is 9.50. The Hall–Kier alpha value is -1.30. The van der Waals surface area contributed by atoms with Gasteiger partial charge < -0.3 is 5.32 Å².